The lowest BCUT2D eigenvalue weighted by Gasteiger charge is -2.20. The molecule has 0 aliphatic heterocycles. The van der Waals surface area contributed by atoms with Crippen LogP contribution in [0.2, 0.25) is 0 Å². The first-order chi connectivity index (χ1) is 9.26. The molecular weight excluding hydrogens is 234 g/mol. The summed E-state index contributed by atoms with van der Waals surface area (Å²) in [5, 5.41) is 13.5. The van der Waals surface area contributed by atoms with E-state index in [0.717, 1.165) is 19.4 Å². The average molecular weight is 263 g/mol. The van der Waals surface area contributed by atoms with Gasteiger partial charge in [-0.2, -0.15) is 0 Å². The van der Waals surface area contributed by atoms with Gasteiger partial charge >= 0.3 is 0 Å². The molecule has 2 nitrogen and oxygen atoms in total. The van der Waals surface area contributed by atoms with Crippen LogP contribution >= 0.6 is 0 Å². The molecule has 2 N–H and O–H groups in total. The molecule has 0 fully saturated rings. The third kappa shape index (κ3) is 7.34. The lowest BCUT2D eigenvalue weighted by molar-refractivity contribution is 0.156. The van der Waals surface area contributed by atoms with Crippen molar-refractivity contribution < 1.29 is 5.11 Å². The highest BCUT2D eigenvalue weighted by Crippen LogP contribution is 2.07. The minimum absolute atomic E-state index is 0.239. The number of aryl methyl sites for hydroxylation is 1. The van der Waals surface area contributed by atoms with Crippen LogP contribution < -0.4 is 5.32 Å². The third-order valence-electron chi connectivity index (χ3n) is 3.53. The molecule has 0 aliphatic carbocycles. The Labute approximate surface area is 118 Å². The second-order valence-corrected chi connectivity index (χ2v) is 5.36. The number of aliphatic hydroxyl groups excluding tert-OH is 1. The number of hydrogen-bond donors (Lipinski definition) is 2. The molecule has 0 spiro atoms. The van der Waals surface area contributed by atoms with Crippen molar-refractivity contribution in [2.75, 3.05) is 6.54 Å². The van der Waals surface area contributed by atoms with E-state index in [1.165, 1.54) is 31.2 Å². The maximum atomic E-state index is 10.0. The summed E-state index contributed by atoms with van der Waals surface area (Å²) in [6.07, 6.45) is 6.38. The van der Waals surface area contributed by atoms with Crippen LogP contribution in [0.3, 0.4) is 0 Å². The lowest BCUT2D eigenvalue weighted by Crippen LogP contribution is -2.35. The first-order valence-corrected chi connectivity index (χ1v) is 7.71. The molecule has 0 radical (unpaired) electrons. The van der Waals surface area contributed by atoms with E-state index >= 15 is 0 Å². The number of rotatable bonds is 10. The topological polar surface area (TPSA) is 32.3 Å². The van der Waals surface area contributed by atoms with Crippen LogP contribution in [-0.4, -0.2) is 23.8 Å². The maximum absolute atomic E-state index is 10.0. The van der Waals surface area contributed by atoms with Gasteiger partial charge in [0.05, 0.1) is 6.10 Å². The molecule has 1 atom stereocenters. The lowest BCUT2D eigenvalue weighted by atomic mass is 10.0. The van der Waals surface area contributed by atoms with E-state index in [9.17, 15) is 5.11 Å². The van der Waals surface area contributed by atoms with Crippen molar-refractivity contribution in [2.24, 2.45) is 0 Å². The fourth-order valence-corrected chi connectivity index (χ4v) is 2.43. The van der Waals surface area contributed by atoms with Crippen LogP contribution in [0.15, 0.2) is 30.3 Å². The fraction of sp³-hybridized carbons (Fsp3) is 0.647. The van der Waals surface area contributed by atoms with Crippen molar-refractivity contribution in [3.05, 3.63) is 35.9 Å². The molecule has 0 amide bonds. The summed E-state index contributed by atoms with van der Waals surface area (Å²) in [7, 11) is 0. The van der Waals surface area contributed by atoms with Crippen LogP contribution in [0.4, 0.5) is 0 Å². The number of benzene rings is 1. The highest BCUT2D eigenvalue weighted by molar-refractivity contribution is 5.14. The Morgan fingerprint density at radius 3 is 2.21 bits per heavy atom. The first kappa shape index (κ1) is 16.2. The van der Waals surface area contributed by atoms with Gasteiger partial charge in [-0.25, -0.2) is 0 Å². The van der Waals surface area contributed by atoms with Crippen LogP contribution in [0, 0.1) is 0 Å². The molecule has 2 heteroatoms. The summed E-state index contributed by atoms with van der Waals surface area (Å²) in [5.74, 6) is 0. The second-order valence-electron chi connectivity index (χ2n) is 5.36. The number of nitrogens with one attached hydrogen (secondary N) is 1. The molecule has 0 saturated carbocycles. The highest BCUT2D eigenvalue weighted by Gasteiger charge is 2.09. The molecule has 1 rings (SSSR count). The Morgan fingerprint density at radius 1 is 1.00 bits per heavy atom. The van der Waals surface area contributed by atoms with E-state index in [2.05, 4.69) is 43.4 Å². The Kier molecular flexibility index (Phi) is 8.52. The molecule has 0 aliphatic rings. The van der Waals surface area contributed by atoms with Crippen molar-refractivity contribution >= 4 is 0 Å². The van der Waals surface area contributed by atoms with Gasteiger partial charge in [0.1, 0.15) is 0 Å². The molecule has 1 aromatic rings. The predicted octanol–water partition coefficient (Wildman–Crippen LogP) is 3.54. The first-order valence-electron chi connectivity index (χ1n) is 7.71. The normalized spacial score (nSPS) is 12.8. The molecule has 0 bridgehead atoms. The third-order valence-corrected chi connectivity index (χ3v) is 3.53. The van der Waals surface area contributed by atoms with Crippen molar-refractivity contribution in [1.82, 2.24) is 5.32 Å². The molecule has 0 heterocycles. The molecule has 108 valence electrons. The van der Waals surface area contributed by atoms with Gasteiger partial charge in [-0.3, -0.25) is 0 Å². The quantitative estimate of drug-likeness (QED) is 0.677. The van der Waals surface area contributed by atoms with Gasteiger partial charge in [0, 0.05) is 12.6 Å². The Balaban J connectivity index is 2.21. The number of hydrogen-bond acceptors (Lipinski definition) is 2. The van der Waals surface area contributed by atoms with Crippen molar-refractivity contribution in [2.45, 2.75) is 64.5 Å². The minimum Gasteiger partial charge on any atom is -0.392 e. The minimum atomic E-state index is -0.239. The van der Waals surface area contributed by atoms with Crippen LogP contribution in [0.5, 0.6) is 0 Å². The van der Waals surface area contributed by atoms with Gasteiger partial charge in [0.15, 0.2) is 0 Å². The largest absolute Gasteiger partial charge is 0.392 e. The van der Waals surface area contributed by atoms with E-state index in [1.807, 2.05) is 6.07 Å². The van der Waals surface area contributed by atoms with Gasteiger partial charge < -0.3 is 10.4 Å². The Bertz CT molecular complexity index is 306. The van der Waals surface area contributed by atoms with Crippen molar-refractivity contribution in [3.8, 4) is 0 Å². The van der Waals surface area contributed by atoms with E-state index in [4.69, 9.17) is 0 Å². The van der Waals surface area contributed by atoms with Gasteiger partial charge in [0.2, 0.25) is 0 Å². The molecule has 0 saturated heterocycles. The van der Waals surface area contributed by atoms with Crippen LogP contribution in [0.25, 0.3) is 0 Å². The molecular formula is C17H29NO. The Morgan fingerprint density at radius 2 is 1.63 bits per heavy atom. The summed E-state index contributed by atoms with van der Waals surface area (Å²) < 4.78 is 0. The molecule has 1 aromatic carbocycles. The van der Waals surface area contributed by atoms with Gasteiger partial charge in [-0.05, 0) is 31.2 Å². The van der Waals surface area contributed by atoms with Gasteiger partial charge in [-0.1, -0.05) is 57.0 Å². The molecule has 19 heavy (non-hydrogen) atoms. The van der Waals surface area contributed by atoms with Gasteiger partial charge in [-0.15, -0.1) is 0 Å². The van der Waals surface area contributed by atoms with E-state index in [0.29, 0.717) is 6.04 Å². The standard InChI is InChI=1S/C17H29NO/c1-3-8-16(9-4-2)18-14-17(19)13-12-15-10-6-5-7-11-15/h5-7,10-11,16-19H,3-4,8-9,12-14H2,1-2H3/t17-/m1/s1. The van der Waals surface area contributed by atoms with Crippen molar-refractivity contribution in [1.29, 1.82) is 0 Å². The zero-order valence-electron chi connectivity index (χ0n) is 12.4. The predicted molar refractivity (Wildman–Crippen MR) is 82.4 cm³/mol. The summed E-state index contributed by atoms with van der Waals surface area (Å²) in [5.41, 5.74) is 1.31. The molecule has 0 aromatic heterocycles. The zero-order valence-corrected chi connectivity index (χ0v) is 12.4. The molecule has 0 unspecified atom stereocenters. The smallest absolute Gasteiger partial charge is 0.0667 e. The fourth-order valence-electron chi connectivity index (χ4n) is 2.43. The summed E-state index contributed by atoms with van der Waals surface area (Å²) in [6, 6.07) is 11.0. The summed E-state index contributed by atoms with van der Waals surface area (Å²) in [6.45, 7) is 5.16. The highest BCUT2D eigenvalue weighted by atomic mass is 16.3. The monoisotopic (exact) mass is 263 g/mol. The van der Waals surface area contributed by atoms with Crippen molar-refractivity contribution in [3.63, 3.8) is 0 Å². The SMILES string of the molecule is CCCC(CCC)NC[C@H](O)CCc1ccccc1. The zero-order chi connectivity index (χ0) is 13.9. The van der Waals surface area contributed by atoms with Gasteiger partial charge in [0.25, 0.3) is 0 Å². The van der Waals surface area contributed by atoms with E-state index in [1.54, 1.807) is 0 Å². The van der Waals surface area contributed by atoms with Crippen LogP contribution in [0.1, 0.15) is 51.5 Å². The van der Waals surface area contributed by atoms with E-state index in [-0.39, 0.29) is 6.10 Å². The number of aliphatic hydroxyl groups is 1. The summed E-state index contributed by atoms with van der Waals surface area (Å²) >= 11 is 0. The van der Waals surface area contributed by atoms with E-state index < -0.39 is 0 Å². The average Bonchev–Trinajstić information content (AvgIpc) is 2.44. The summed E-state index contributed by atoms with van der Waals surface area (Å²) in [4.78, 5) is 0. The maximum Gasteiger partial charge on any atom is 0.0667 e. The Hall–Kier alpha value is -0.860. The second kappa shape index (κ2) is 9.99. The van der Waals surface area contributed by atoms with Crippen LogP contribution in [-0.2, 0) is 6.42 Å².